The summed E-state index contributed by atoms with van der Waals surface area (Å²) in [6.07, 6.45) is -1.50. The summed E-state index contributed by atoms with van der Waals surface area (Å²) in [5.74, 6) is 1.75. The molecule has 6 nitrogen and oxygen atoms in total. The van der Waals surface area contributed by atoms with Crippen LogP contribution >= 0.6 is 0 Å². The Balaban J connectivity index is 1.57. The molecule has 0 spiro atoms. The van der Waals surface area contributed by atoms with Gasteiger partial charge in [-0.15, -0.1) is 0 Å². The Morgan fingerprint density at radius 1 is 0.968 bits per heavy atom. The molecule has 0 saturated heterocycles. The maximum atomic E-state index is 13.0. The van der Waals surface area contributed by atoms with Crippen LogP contribution in [-0.2, 0) is 12.7 Å². The largest absolute Gasteiger partial charge is 0.497 e. The molecule has 0 saturated carbocycles. The molecule has 0 unspecified atom stereocenters. The van der Waals surface area contributed by atoms with Crippen molar-refractivity contribution < 1.29 is 17.9 Å². The summed E-state index contributed by atoms with van der Waals surface area (Å²) in [4.78, 5) is 12.7. The van der Waals surface area contributed by atoms with Gasteiger partial charge in [0, 0.05) is 17.6 Å². The molecule has 2 aromatic heterocycles. The number of anilines is 3. The van der Waals surface area contributed by atoms with Crippen molar-refractivity contribution in [1.29, 1.82) is 0 Å². The smallest absolute Gasteiger partial charge is 0.416 e. The second kappa shape index (κ2) is 8.47. The lowest BCUT2D eigenvalue weighted by Gasteiger charge is -2.12. The van der Waals surface area contributed by atoms with Gasteiger partial charge in [-0.3, -0.25) is 0 Å². The average molecular weight is 425 g/mol. The highest BCUT2D eigenvalue weighted by Gasteiger charge is 2.30. The fourth-order valence-corrected chi connectivity index (χ4v) is 3.00. The first-order chi connectivity index (χ1) is 14.9. The van der Waals surface area contributed by atoms with Gasteiger partial charge in [-0.25, -0.2) is 15.0 Å². The molecule has 158 valence electrons. The minimum Gasteiger partial charge on any atom is -0.497 e. The van der Waals surface area contributed by atoms with Gasteiger partial charge < -0.3 is 15.4 Å². The van der Waals surface area contributed by atoms with E-state index in [1.165, 1.54) is 12.4 Å². The predicted molar refractivity (Wildman–Crippen MR) is 112 cm³/mol. The van der Waals surface area contributed by atoms with Crippen LogP contribution in [0.5, 0.6) is 5.75 Å². The van der Waals surface area contributed by atoms with Crippen molar-refractivity contribution in [3.05, 3.63) is 78.2 Å². The standard InChI is InChI=1S/C22H18F3N5O/c1-31-17-7-5-14(6-8-17)11-26-20-10-18-19(12-27-20)28-13-29-21(18)30-16-4-2-3-15(9-16)22(23,24)25/h2-10,12-13H,11H2,1H3,(H,26,27)(H,28,29,30). The molecule has 0 fully saturated rings. The van der Waals surface area contributed by atoms with Gasteiger partial charge in [-0.05, 0) is 42.0 Å². The van der Waals surface area contributed by atoms with Crippen LogP contribution in [0.2, 0.25) is 0 Å². The van der Waals surface area contributed by atoms with E-state index in [0.717, 1.165) is 23.4 Å². The molecule has 2 N–H and O–H groups in total. The number of benzene rings is 2. The average Bonchev–Trinajstić information content (AvgIpc) is 2.78. The zero-order valence-corrected chi connectivity index (χ0v) is 16.4. The van der Waals surface area contributed by atoms with Crippen molar-refractivity contribution in [2.75, 3.05) is 17.7 Å². The molecule has 2 heterocycles. The number of pyridine rings is 1. The first kappa shape index (κ1) is 20.4. The van der Waals surface area contributed by atoms with Crippen LogP contribution in [0.15, 0.2) is 67.1 Å². The summed E-state index contributed by atoms with van der Waals surface area (Å²) in [6.45, 7) is 0.534. The summed E-state index contributed by atoms with van der Waals surface area (Å²) in [5.41, 5.74) is 1.15. The lowest BCUT2D eigenvalue weighted by molar-refractivity contribution is -0.137. The summed E-state index contributed by atoms with van der Waals surface area (Å²) >= 11 is 0. The van der Waals surface area contributed by atoms with Crippen molar-refractivity contribution in [1.82, 2.24) is 15.0 Å². The van der Waals surface area contributed by atoms with E-state index in [0.29, 0.717) is 29.1 Å². The second-order valence-electron chi connectivity index (χ2n) is 6.71. The SMILES string of the molecule is COc1ccc(CNc2cc3c(Nc4cccc(C(F)(F)F)c4)ncnc3cn2)cc1. The van der Waals surface area contributed by atoms with E-state index in [2.05, 4.69) is 25.6 Å². The predicted octanol–water partition coefficient (Wildman–Crippen LogP) is 5.41. The third-order valence-corrected chi connectivity index (χ3v) is 4.61. The Morgan fingerprint density at radius 2 is 1.77 bits per heavy atom. The van der Waals surface area contributed by atoms with Crippen molar-refractivity contribution in [2.24, 2.45) is 0 Å². The molecule has 2 aromatic carbocycles. The number of nitrogens with zero attached hydrogens (tertiary/aromatic N) is 3. The third kappa shape index (κ3) is 4.82. The first-order valence-corrected chi connectivity index (χ1v) is 9.34. The monoisotopic (exact) mass is 425 g/mol. The summed E-state index contributed by atoms with van der Waals surface area (Å²) in [6, 6.07) is 14.3. The van der Waals surface area contributed by atoms with Crippen LogP contribution in [0.4, 0.5) is 30.5 Å². The Kier molecular flexibility index (Phi) is 5.57. The zero-order valence-electron chi connectivity index (χ0n) is 16.4. The Bertz CT molecular complexity index is 1200. The van der Waals surface area contributed by atoms with E-state index in [9.17, 15) is 13.2 Å². The quantitative estimate of drug-likeness (QED) is 0.431. The van der Waals surface area contributed by atoms with Crippen LogP contribution in [-0.4, -0.2) is 22.1 Å². The molecular weight excluding hydrogens is 407 g/mol. The van der Waals surface area contributed by atoms with Gasteiger partial charge in [0.25, 0.3) is 0 Å². The molecule has 31 heavy (non-hydrogen) atoms. The number of fused-ring (bicyclic) bond motifs is 1. The number of halogens is 3. The van der Waals surface area contributed by atoms with E-state index in [-0.39, 0.29) is 5.69 Å². The van der Waals surface area contributed by atoms with Crippen LogP contribution < -0.4 is 15.4 Å². The topological polar surface area (TPSA) is 72.0 Å². The van der Waals surface area contributed by atoms with Gasteiger partial charge in [-0.2, -0.15) is 13.2 Å². The molecule has 0 aliphatic carbocycles. The number of ether oxygens (including phenoxy) is 1. The third-order valence-electron chi connectivity index (χ3n) is 4.61. The van der Waals surface area contributed by atoms with Crippen molar-refractivity contribution in [3.8, 4) is 5.75 Å². The number of nitrogens with one attached hydrogen (secondary N) is 2. The van der Waals surface area contributed by atoms with Crippen LogP contribution in [0.3, 0.4) is 0 Å². The van der Waals surface area contributed by atoms with Gasteiger partial charge in [0.1, 0.15) is 23.7 Å². The van der Waals surface area contributed by atoms with E-state index in [1.807, 2.05) is 24.3 Å². The molecule has 0 atom stereocenters. The van der Waals surface area contributed by atoms with Gasteiger partial charge in [-0.1, -0.05) is 18.2 Å². The number of rotatable bonds is 6. The van der Waals surface area contributed by atoms with Gasteiger partial charge in [0.2, 0.25) is 0 Å². The Labute approximate surface area is 176 Å². The van der Waals surface area contributed by atoms with E-state index >= 15 is 0 Å². The molecular formula is C22H18F3N5O. The molecule has 0 bridgehead atoms. The summed E-state index contributed by atoms with van der Waals surface area (Å²) < 4.78 is 44.2. The lowest BCUT2D eigenvalue weighted by Crippen LogP contribution is -2.06. The highest BCUT2D eigenvalue weighted by atomic mass is 19.4. The lowest BCUT2D eigenvalue weighted by atomic mass is 10.2. The Morgan fingerprint density at radius 3 is 2.52 bits per heavy atom. The molecule has 4 rings (SSSR count). The fraction of sp³-hybridized carbons (Fsp3) is 0.136. The summed E-state index contributed by atoms with van der Waals surface area (Å²) in [5, 5.41) is 6.81. The highest BCUT2D eigenvalue weighted by Crippen LogP contribution is 2.32. The number of hydrogen-bond acceptors (Lipinski definition) is 6. The zero-order chi connectivity index (χ0) is 21.8. The molecule has 9 heteroatoms. The normalized spacial score (nSPS) is 11.4. The number of alkyl halides is 3. The van der Waals surface area contributed by atoms with Crippen LogP contribution in [0.25, 0.3) is 10.9 Å². The maximum absolute atomic E-state index is 13.0. The minimum absolute atomic E-state index is 0.277. The molecule has 0 aliphatic rings. The minimum atomic E-state index is -4.42. The van der Waals surface area contributed by atoms with Crippen LogP contribution in [0.1, 0.15) is 11.1 Å². The fourth-order valence-electron chi connectivity index (χ4n) is 3.00. The highest BCUT2D eigenvalue weighted by molar-refractivity contribution is 5.91. The number of methoxy groups -OCH3 is 1. The molecule has 0 aliphatic heterocycles. The second-order valence-corrected chi connectivity index (χ2v) is 6.71. The molecule has 4 aromatic rings. The number of aromatic nitrogens is 3. The van der Waals surface area contributed by atoms with Crippen molar-refractivity contribution in [3.63, 3.8) is 0 Å². The van der Waals surface area contributed by atoms with E-state index in [1.54, 1.807) is 25.4 Å². The van der Waals surface area contributed by atoms with Crippen LogP contribution in [0, 0.1) is 0 Å². The van der Waals surface area contributed by atoms with E-state index < -0.39 is 11.7 Å². The number of hydrogen-bond donors (Lipinski definition) is 2. The molecule has 0 amide bonds. The Hall–Kier alpha value is -3.88. The van der Waals surface area contributed by atoms with Gasteiger partial charge in [0.15, 0.2) is 0 Å². The summed E-state index contributed by atoms with van der Waals surface area (Å²) in [7, 11) is 1.61. The van der Waals surface area contributed by atoms with Crippen molar-refractivity contribution in [2.45, 2.75) is 12.7 Å². The van der Waals surface area contributed by atoms with Crippen molar-refractivity contribution >= 4 is 28.2 Å². The maximum Gasteiger partial charge on any atom is 0.416 e. The van der Waals surface area contributed by atoms with Gasteiger partial charge >= 0.3 is 6.18 Å². The van der Waals surface area contributed by atoms with Gasteiger partial charge in [0.05, 0.1) is 24.4 Å². The first-order valence-electron chi connectivity index (χ1n) is 9.34. The molecule has 0 radical (unpaired) electrons. The van der Waals surface area contributed by atoms with E-state index in [4.69, 9.17) is 4.74 Å².